The highest BCUT2D eigenvalue weighted by molar-refractivity contribution is 5.93. The minimum Gasteiger partial charge on any atom is -0.352 e. The lowest BCUT2D eigenvalue weighted by molar-refractivity contribution is 0.877. The molecule has 0 aliphatic rings. The second kappa shape index (κ2) is 4.84. The molecule has 0 amide bonds. The fourth-order valence-electron chi connectivity index (χ4n) is 2.55. The van der Waals surface area contributed by atoms with Crippen molar-refractivity contribution in [2.75, 3.05) is 5.32 Å². The third kappa shape index (κ3) is 2.09. The second-order valence-electron chi connectivity index (χ2n) is 5.57. The van der Waals surface area contributed by atoms with E-state index >= 15 is 0 Å². The Kier molecular flexibility index (Phi) is 2.82. The van der Waals surface area contributed by atoms with Gasteiger partial charge in [-0.15, -0.1) is 0 Å². The SMILES string of the molecule is CC(C)Nc1ncc2c(-c3ccc4nccn4c3)c[nH]c2n1. The van der Waals surface area contributed by atoms with E-state index in [0.29, 0.717) is 12.0 Å². The number of anilines is 1. The Morgan fingerprint density at radius 3 is 3.00 bits per heavy atom. The van der Waals surface area contributed by atoms with Crippen LogP contribution >= 0.6 is 0 Å². The van der Waals surface area contributed by atoms with Crippen molar-refractivity contribution in [1.82, 2.24) is 24.3 Å². The number of H-pyrrole nitrogens is 1. The van der Waals surface area contributed by atoms with Crippen molar-refractivity contribution in [2.24, 2.45) is 0 Å². The first kappa shape index (κ1) is 12.8. The zero-order valence-corrected chi connectivity index (χ0v) is 12.4. The topological polar surface area (TPSA) is 70.9 Å². The van der Waals surface area contributed by atoms with Crippen molar-refractivity contribution < 1.29 is 0 Å². The summed E-state index contributed by atoms with van der Waals surface area (Å²) >= 11 is 0. The number of aromatic amines is 1. The molecule has 0 aliphatic carbocycles. The molecule has 6 nitrogen and oxygen atoms in total. The fraction of sp³-hybridized carbons (Fsp3) is 0.188. The summed E-state index contributed by atoms with van der Waals surface area (Å²) in [5, 5.41) is 4.22. The average molecular weight is 292 g/mol. The van der Waals surface area contributed by atoms with Crippen molar-refractivity contribution >= 4 is 22.6 Å². The first-order chi connectivity index (χ1) is 10.7. The summed E-state index contributed by atoms with van der Waals surface area (Å²) < 4.78 is 2.00. The van der Waals surface area contributed by atoms with Gasteiger partial charge < -0.3 is 14.7 Å². The standard InChI is InChI=1S/C16H16N6/c1-10(2)20-16-19-8-13-12(7-18-15(13)21-16)11-3-4-14-17-5-6-22(14)9-11/h3-10H,1-2H3,(H2,18,19,20,21). The number of hydrogen-bond donors (Lipinski definition) is 2. The lowest BCUT2D eigenvalue weighted by atomic mass is 10.1. The lowest BCUT2D eigenvalue weighted by Crippen LogP contribution is -2.12. The predicted molar refractivity (Wildman–Crippen MR) is 86.8 cm³/mol. The molecule has 0 spiro atoms. The van der Waals surface area contributed by atoms with Gasteiger partial charge in [-0.05, 0) is 26.0 Å². The molecule has 110 valence electrons. The molecule has 0 saturated carbocycles. The van der Waals surface area contributed by atoms with Crippen molar-refractivity contribution in [3.63, 3.8) is 0 Å². The summed E-state index contributed by atoms with van der Waals surface area (Å²) in [6.07, 6.45) is 9.62. The van der Waals surface area contributed by atoms with Crippen LogP contribution in [-0.4, -0.2) is 30.4 Å². The Balaban J connectivity index is 1.81. The number of imidazole rings is 1. The van der Waals surface area contributed by atoms with Crippen LogP contribution in [0.3, 0.4) is 0 Å². The zero-order valence-electron chi connectivity index (χ0n) is 12.4. The van der Waals surface area contributed by atoms with Crippen LogP contribution in [0.25, 0.3) is 27.8 Å². The van der Waals surface area contributed by atoms with E-state index in [0.717, 1.165) is 27.8 Å². The smallest absolute Gasteiger partial charge is 0.224 e. The molecule has 4 rings (SSSR count). The summed E-state index contributed by atoms with van der Waals surface area (Å²) in [7, 11) is 0. The summed E-state index contributed by atoms with van der Waals surface area (Å²) in [4.78, 5) is 16.4. The molecule has 0 atom stereocenters. The highest BCUT2D eigenvalue weighted by Gasteiger charge is 2.10. The van der Waals surface area contributed by atoms with Crippen LogP contribution in [0.1, 0.15) is 13.8 Å². The summed E-state index contributed by atoms with van der Waals surface area (Å²) in [5.74, 6) is 0.640. The number of rotatable bonds is 3. The van der Waals surface area contributed by atoms with Gasteiger partial charge in [0.05, 0.1) is 0 Å². The largest absolute Gasteiger partial charge is 0.352 e. The quantitative estimate of drug-likeness (QED) is 0.608. The highest BCUT2D eigenvalue weighted by atomic mass is 15.1. The predicted octanol–water partition coefficient (Wildman–Crippen LogP) is 3.09. The number of aromatic nitrogens is 5. The first-order valence-electron chi connectivity index (χ1n) is 7.24. The van der Waals surface area contributed by atoms with Gasteiger partial charge in [-0.3, -0.25) is 0 Å². The van der Waals surface area contributed by atoms with E-state index in [9.17, 15) is 0 Å². The Bertz CT molecular complexity index is 950. The fourth-order valence-corrected chi connectivity index (χ4v) is 2.55. The van der Waals surface area contributed by atoms with Gasteiger partial charge in [0.25, 0.3) is 0 Å². The molecule has 0 aliphatic heterocycles. The molecule has 0 unspecified atom stereocenters. The van der Waals surface area contributed by atoms with Gasteiger partial charge in [-0.25, -0.2) is 9.97 Å². The van der Waals surface area contributed by atoms with E-state index in [2.05, 4.69) is 51.4 Å². The van der Waals surface area contributed by atoms with E-state index in [1.165, 1.54) is 0 Å². The first-order valence-corrected chi connectivity index (χ1v) is 7.24. The minimum absolute atomic E-state index is 0.301. The molecule has 2 N–H and O–H groups in total. The number of nitrogens with one attached hydrogen (secondary N) is 2. The Morgan fingerprint density at radius 1 is 1.23 bits per heavy atom. The molecule has 4 aromatic heterocycles. The third-order valence-electron chi connectivity index (χ3n) is 3.55. The summed E-state index contributed by atoms with van der Waals surface area (Å²) in [6.45, 7) is 4.13. The van der Waals surface area contributed by atoms with Crippen LogP contribution < -0.4 is 5.32 Å². The Labute approximate surface area is 127 Å². The highest BCUT2D eigenvalue weighted by Crippen LogP contribution is 2.28. The van der Waals surface area contributed by atoms with Crippen molar-refractivity contribution in [2.45, 2.75) is 19.9 Å². The van der Waals surface area contributed by atoms with Gasteiger partial charge in [0, 0.05) is 53.5 Å². The molecule has 22 heavy (non-hydrogen) atoms. The van der Waals surface area contributed by atoms with E-state index < -0.39 is 0 Å². The Hall–Kier alpha value is -2.89. The Morgan fingerprint density at radius 2 is 2.14 bits per heavy atom. The zero-order chi connectivity index (χ0) is 15.1. The molecular weight excluding hydrogens is 276 g/mol. The lowest BCUT2D eigenvalue weighted by Gasteiger charge is -2.07. The molecule has 0 saturated heterocycles. The number of fused-ring (bicyclic) bond motifs is 2. The van der Waals surface area contributed by atoms with Gasteiger partial charge >= 0.3 is 0 Å². The molecule has 0 bridgehead atoms. The minimum atomic E-state index is 0.301. The van der Waals surface area contributed by atoms with Gasteiger partial charge in [0.1, 0.15) is 11.3 Å². The third-order valence-corrected chi connectivity index (χ3v) is 3.55. The summed E-state index contributed by atoms with van der Waals surface area (Å²) in [5.41, 5.74) is 3.95. The van der Waals surface area contributed by atoms with Crippen LogP contribution in [0.2, 0.25) is 0 Å². The van der Waals surface area contributed by atoms with Gasteiger partial charge in [0.2, 0.25) is 5.95 Å². The second-order valence-corrected chi connectivity index (χ2v) is 5.57. The van der Waals surface area contributed by atoms with Crippen LogP contribution in [0.15, 0.2) is 43.1 Å². The molecular formula is C16H16N6. The van der Waals surface area contributed by atoms with E-state index in [4.69, 9.17) is 0 Å². The molecule has 0 aromatic carbocycles. The van der Waals surface area contributed by atoms with E-state index in [1.54, 1.807) is 6.20 Å². The summed E-state index contributed by atoms with van der Waals surface area (Å²) in [6, 6.07) is 4.37. The van der Waals surface area contributed by atoms with Crippen LogP contribution in [0.5, 0.6) is 0 Å². The van der Waals surface area contributed by atoms with Gasteiger partial charge in [-0.1, -0.05) is 0 Å². The van der Waals surface area contributed by atoms with Gasteiger partial charge in [-0.2, -0.15) is 4.98 Å². The number of hydrogen-bond acceptors (Lipinski definition) is 4. The molecule has 0 radical (unpaired) electrons. The molecule has 4 heterocycles. The van der Waals surface area contributed by atoms with Crippen LogP contribution in [0, 0.1) is 0 Å². The molecule has 6 heteroatoms. The van der Waals surface area contributed by atoms with Crippen molar-refractivity contribution in [3.05, 3.63) is 43.1 Å². The van der Waals surface area contributed by atoms with Gasteiger partial charge in [0.15, 0.2) is 0 Å². The molecule has 0 fully saturated rings. The van der Waals surface area contributed by atoms with Crippen molar-refractivity contribution in [1.29, 1.82) is 0 Å². The number of nitrogens with zero attached hydrogens (tertiary/aromatic N) is 4. The van der Waals surface area contributed by atoms with Crippen LogP contribution in [-0.2, 0) is 0 Å². The van der Waals surface area contributed by atoms with Crippen LogP contribution in [0.4, 0.5) is 5.95 Å². The van der Waals surface area contributed by atoms with Crippen molar-refractivity contribution in [3.8, 4) is 11.1 Å². The maximum absolute atomic E-state index is 4.52. The number of pyridine rings is 1. The van der Waals surface area contributed by atoms with E-state index in [-0.39, 0.29) is 0 Å². The average Bonchev–Trinajstić information content (AvgIpc) is 3.11. The normalized spacial score (nSPS) is 11.6. The maximum atomic E-state index is 4.52. The molecule has 4 aromatic rings. The van der Waals surface area contributed by atoms with E-state index in [1.807, 2.05) is 29.1 Å². The monoisotopic (exact) mass is 292 g/mol. The maximum Gasteiger partial charge on any atom is 0.224 e.